The first-order valence-corrected chi connectivity index (χ1v) is 16.9. The number of rotatable bonds is 9. The number of halogens is 3. The van der Waals surface area contributed by atoms with E-state index in [4.69, 9.17) is 14.0 Å². The van der Waals surface area contributed by atoms with Crippen molar-refractivity contribution in [1.29, 1.82) is 0 Å². The lowest BCUT2D eigenvalue weighted by Crippen LogP contribution is -2.40. The highest BCUT2D eigenvalue weighted by Crippen LogP contribution is 2.50. The fourth-order valence-electron chi connectivity index (χ4n) is 7.28. The Bertz CT molecular complexity index is 1890. The van der Waals surface area contributed by atoms with Crippen molar-refractivity contribution in [3.05, 3.63) is 77.6 Å². The number of aromatic nitrogens is 1. The number of nitrogens with zero attached hydrogens (tertiary/aromatic N) is 1. The van der Waals surface area contributed by atoms with Crippen molar-refractivity contribution in [3.63, 3.8) is 0 Å². The summed E-state index contributed by atoms with van der Waals surface area (Å²) in [6, 6.07) is 15.9. The monoisotopic (exact) mass is 655 g/mol. The van der Waals surface area contributed by atoms with E-state index >= 15 is 0 Å². The average molecular weight is 656 g/mol. The molecule has 0 aliphatic heterocycles. The molecule has 3 aliphatic rings. The molecule has 1 aromatic heterocycles. The summed E-state index contributed by atoms with van der Waals surface area (Å²) in [5.74, 6) is -0.242. The van der Waals surface area contributed by atoms with Crippen LogP contribution in [-0.2, 0) is 25.9 Å². The highest BCUT2D eigenvalue weighted by Gasteiger charge is 2.50. The molecule has 3 saturated carbocycles. The van der Waals surface area contributed by atoms with Gasteiger partial charge in [-0.1, -0.05) is 29.4 Å². The Hall–Kier alpha value is -3.90. The molecule has 12 heteroatoms. The normalized spacial score (nSPS) is 23.0. The summed E-state index contributed by atoms with van der Waals surface area (Å²) in [5.41, 5.74) is 1.43. The van der Waals surface area contributed by atoms with E-state index in [2.05, 4.69) is 9.89 Å². The SMILES string of the molecule is COC(=O)c1ccc2cc(S(=O)(=O)C3C4CCC3CC(OCc3c(-c5ccccc5OC(F)(F)F)noc3C3CC3)C4)ccc2c1. The van der Waals surface area contributed by atoms with E-state index in [0.29, 0.717) is 29.7 Å². The number of carbonyl (C=O) groups is 1. The molecule has 4 aromatic rings. The molecule has 242 valence electrons. The lowest BCUT2D eigenvalue weighted by Gasteiger charge is -2.35. The van der Waals surface area contributed by atoms with E-state index in [-0.39, 0.29) is 52.4 Å². The molecule has 3 aliphatic carbocycles. The predicted octanol–water partition coefficient (Wildman–Crippen LogP) is 7.61. The largest absolute Gasteiger partial charge is 0.573 e. The molecule has 3 aromatic carbocycles. The summed E-state index contributed by atoms with van der Waals surface area (Å²) in [4.78, 5) is 12.2. The Morgan fingerprint density at radius 1 is 0.957 bits per heavy atom. The molecule has 2 atom stereocenters. The van der Waals surface area contributed by atoms with Crippen LogP contribution < -0.4 is 4.74 Å². The number of esters is 1. The summed E-state index contributed by atoms with van der Waals surface area (Å²) < 4.78 is 88.6. The molecule has 46 heavy (non-hydrogen) atoms. The second kappa shape index (κ2) is 11.7. The predicted molar refractivity (Wildman–Crippen MR) is 161 cm³/mol. The lowest BCUT2D eigenvalue weighted by atomic mass is 9.86. The molecule has 0 amide bonds. The zero-order valence-corrected chi connectivity index (χ0v) is 25.8. The Morgan fingerprint density at radius 3 is 2.35 bits per heavy atom. The maximum Gasteiger partial charge on any atom is 0.573 e. The van der Waals surface area contributed by atoms with Gasteiger partial charge in [-0.05, 0) is 97.5 Å². The van der Waals surface area contributed by atoms with Crippen molar-refractivity contribution in [2.45, 2.75) is 73.7 Å². The molecule has 0 radical (unpaired) electrons. The second-order valence-corrected chi connectivity index (χ2v) is 14.5. The van der Waals surface area contributed by atoms with E-state index in [1.807, 2.05) is 0 Å². The molecular formula is C34H32F3NO7S. The number of para-hydroxylation sites is 1. The molecule has 8 nitrogen and oxygen atoms in total. The van der Waals surface area contributed by atoms with Crippen LogP contribution in [0.15, 0.2) is 70.1 Å². The summed E-state index contributed by atoms with van der Waals surface area (Å²) in [5, 5.41) is 5.09. The van der Waals surface area contributed by atoms with Gasteiger partial charge >= 0.3 is 12.3 Å². The topological polar surface area (TPSA) is 105 Å². The summed E-state index contributed by atoms with van der Waals surface area (Å²) in [6.07, 6.45) is -0.610. The van der Waals surface area contributed by atoms with Gasteiger partial charge in [-0.15, -0.1) is 13.2 Å². The van der Waals surface area contributed by atoms with E-state index in [1.54, 1.807) is 42.5 Å². The first-order valence-electron chi connectivity index (χ1n) is 15.3. The Labute approximate surface area is 263 Å². The maximum atomic E-state index is 14.0. The van der Waals surface area contributed by atoms with Crippen molar-refractivity contribution in [3.8, 4) is 17.0 Å². The molecule has 1 heterocycles. The van der Waals surface area contributed by atoms with Gasteiger partial charge in [0.05, 0.1) is 35.5 Å². The zero-order valence-electron chi connectivity index (χ0n) is 25.0. The number of carbonyl (C=O) groups excluding carboxylic acids is 1. The third kappa shape index (κ3) is 5.88. The number of alkyl halides is 3. The summed E-state index contributed by atoms with van der Waals surface area (Å²) in [7, 11) is -2.34. The van der Waals surface area contributed by atoms with Crippen LogP contribution in [0.1, 0.15) is 66.1 Å². The van der Waals surface area contributed by atoms with Crippen molar-refractivity contribution in [1.82, 2.24) is 5.16 Å². The number of sulfone groups is 1. The highest BCUT2D eigenvalue weighted by molar-refractivity contribution is 7.92. The number of hydrogen-bond acceptors (Lipinski definition) is 8. The molecule has 2 bridgehead atoms. The number of fused-ring (bicyclic) bond motifs is 3. The fraction of sp³-hybridized carbons (Fsp3) is 0.412. The van der Waals surface area contributed by atoms with Crippen LogP contribution in [0.2, 0.25) is 0 Å². The summed E-state index contributed by atoms with van der Waals surface area (Å²) >= 11 is 0. The van der Waals surface area contributed by atoms with Crippen molar-refractivity contribution >= 4 is 26.6 Å². The van der Waals surface area contributed by atoms with Gasteiger partial charge in [0, 0.05) is 17.0 Å². The fourth-order valence-corrected chi connectivity index (χ4v) is 9.65. The number of methoxy groups -OCH3 is 1. The Balaban J connectivity index is 1.09. The van der Waals surface area contributed by atoms with Crippen molar-refractivity contribution in [2.24, 2.45) is 11.8 Å². The Kier molecular flexibility index (Phi) is 7.83. The number of ether oxygens (including phenoxy) is 3. The van der Waals surface area contributed by atoms with Crippen LogP contribution in [0.3, 0.4) is 0 Å². The molecule has 0 spiro atoms. The van der Waals surface area contributed by atoms with Crippen LogP contribution in [-0.4, -0.2) is 44.4 Å². The third-order valence-corrected chi connectivity index (χ3v) is 11.9. The lowest BCUT2D eigenvalue weighted by molar-refractivity contribution is -0.274. The van der Waals surface area contributed by atoms with Gasteiger partial charge in [0.1, 0.15) is 17.2 Å². The zero-order chi connectivity index (χ0) is 32.2. The number of benzene rings is 3. The minimum absolute atomic E-state index is 0.0862. The maximum absolute atomic E-state index is 14.0. The molecule has 3 fully saturated rings. The van der Waals surface area contributed by atoms with E-state index in [9.17, 15) is 26.4 Å². The minimum Gasteiger partial charge on any atom is -0.465 e. The van der Waals surface area contributed by atoms with Crippen LogP contribution in [0.25, 0.3) is 22.0 Å². The van der Waals surface area contributed by atoms with Crippen LogP contribution in [0.4, 0.5) is 13.2 Å². The van der Waals surface area contributed by atoms with Gasteiger partial charge in [0.2, 0.25) is 0 Å². The molecule has 2 unspecified atom stereocenters. The molecular weight excluding hydrogens is 623 g/mol. The average Bonchev–Trinajstić information content (AvgIpc) is 3.73. The minimum atomic E-state index is -4.87. The van der Waals surface area contributed by atoms with Gasteiger partial charge in [-0.2, -0.15) is 0 Å². The third-order valence-electron chi connectivity index (χ3n) is 9.49. The first kappa shape index (κ1) is 30.7. The highest BCUT2D eigenvalue weighted by atomic mass is 32.2. The van der Waals surface area contributed by atoms with Crippen molar-refractivity contribution in [2.75, 3.05) is 7.11 Å². The van der Waals surface area contributed by atoms with Gasteiger partial charge in [-0.3, -0.25) is 0 Å². The second-order valence-electron chi connectivity index (χ2n) is 12.4. The first-order chi connectivity index (χ1) is 22.0. The molecule has 0 N–H and O–H groups in total. The molecule has 7 rings (SSSR count). The van der Waals surface area contributed by atoms with E-state index in [1.165, 1.54) is 25.3 Å². The standard InChI is InChI=1S/C34H32F3NO7S/c1-42-33(39)24-11-8-21-17-26(13-12-20(21)14-24)46(40,41)32-22-9-10-23(32)16-25(15-22)43-18-28-30(38-45-31(28)19-6-7-19)27-4-2-3-5-29(27)44-34(35,36)37/h2-5,8,11-14,17,19,22-23,25,32H,6-7,9-10,15-16,18H2,1H3. The van der Waals surface area contributed by atoms with Crippen LogP contribution >= 0.6 is 0 Å². The van der Waals surface area contributed by atoms with Crippen LogP contribution in [0, 0.1) is 11.8 Å². The van der Waals surface area contributed by atoms with E-state index in [0.717, 1.165) is 36.5 Å². The Morgan fingerprint density at radius 2 is 1.65 bits per heavy atom. The van der Waals surface area contributed by atoms with Gasteiger partial charge < -0.3 is 18.7 Å². The van der Waals surface area contributed by atoms with Gasteiger partial charge in [0.25, 0.3) is 0 Å². The quantitative estimate of drug-likeness (QED) is 0.170. The van der Waals surface area contributed by atoms with Crippen molar-refractivity contribution < 1.29 is 45.1 Å². The summed E-state index contributed by atoms with van der Waals surface area (Å²) in [6.45, 7) is 0.0881. The van der Waals surface area contributed by atoms with Gasteiger partial charge in [0.15, 0.2) is 9.84 Å². The van der Waals surface area contributed by atoms with E-state index < -0.39 is 27.4 Å². The van der Waals surface area contributed by atoms with Gasteiger partial charge in [-0.25, -0.2) is 13.2 Å². The smallest absolute Gasteiger partial charge is 0.465 e. The number of hydrogen-bond donors (Lipinski definition) is 0. The molecule has 0 saturated heterocycles. The van der Waals surface area contributed by atoms with Crippen LogP contribution in [0.5, 0.6) is 5.75 Å².